The number of nitro groups is 1. The summed E-state index contributed by atoms with van der Waals surface area (Å²) in [5.74, 6) is 0.462. The van der Waals surface area contributed by atoms with Crippen LogP contribution >= 0.6 is 11.6 Å². The minimum atomic E-state index is -0.429. The summed E-state index contributed by atoms with van der Waals surface area (Å²) >= 11 is 5.86. The van der Waals surface area contributed by atoms with Crippen LogP contribution in [0.25, 0.3) is 0 Å². The fourth-order valence-electron chi connectivity index (χ4n) is 1.79. The van der Waals surface area contributed by atoms with Crippen LogP contribution in [0, 0.1) is 16.0 Å². The lowest BCUT2D eigenvalue weighted by Gasteiger charge is -2.20. The SMILES string of the molecule is CC(C)CC(CN)Nc1cc(Cl)ccc1[N+](=O)[O-]. The maximum atomic E-state index is 10.9. The van der Waals surface area contributed by atoms with Gasteiger partial charge in [-0.25, -0.2) is 0 Å². The molecule has 1 unspecified atom stereocenters. The van der Waals surface area contributed by atoms with Crippen molar-refractivity contribution in [3.8, 4) is 0 Å². The smallest absolute Gasteiger partial charge is 0.292 e. The largest absolute Gasteiger partial charge is 0.375 e. The third-order valence-corrected chi connectivity index (χ3v) is 2.79. The van der Waals surface area contributed by atoms with Gasteiger partial charge in [0.25, 0.3) is 5.69 Å². The monoisotopic (exact) mass is 271 g/mol. The number of anilines is 1. The van der Waals surface area contributed by atoms with Crippen LogP contribution in [0.2, 0.25) is 5.02 Å². The molecule has 18 heavy (non-hydrogen) atoms. The Morgan fingerprint density at radius 2 is 2.17 bits per heavy atom. The van der Waals surface area contributed by atoms with Gasteiger partial charge >= 0.3 is 0 Å². The number of halogens is 1. The number of nitrogens with two attached hydrogens (primary N) is 1. The second-order valence-electron chi connectivity index (χ2n) is 4.63. The molecule has 0 saturated heterocycles. The third-order valence-electron chi connectivity index (χ3n) is 2.56. The van der Waals surface area contributed by atoms with E-state index in [1.807, 2.05) is 0 Å². The van der Waals surface area contributed by atoms with Gasteiger partial charge in [0, 0.05) is 23.7 Å². The molecule has 3 N–H and O–H groups in total. The summed E-state index contributed by atoms with van der Waals surface area (Å²) in [6.07, 6.45) is 0.847. The van der Waals surface area contributed by atoms with E-state index in [-0.39, 0.29) is 11.7 Å². The average molecular weight is 272 g/mol. The summed E-state index contributed by atoms with van der Waals surface area (Å²) in [6.45, 7) is 4.58. The molecule has 5 nitrogen and oxygen atoms in total. The van der Waals surface area contributed by atoms with Crippen molar-refractivity contribution >= 4 is 23.0 Å². The maximum absolute atomic E-state index is 10.9. The molecule has 100 valence electrons. The Balaban J connectivity index is 2.93. The van der Waals surface area contributed by atoms with Crippen LogP contribution in [0.1, 0.15) is 20.3 Å². The van der Waals surface area contributed by atoms with E-state index in [1.165, 1.54) is 12.1 Å². The topological polar surface area (TPSA) is 81.2 Å². The molecule has 6 heteroatoms. The van der Waals surface area contributed by atoms with E-state index < -0.39 is 4.92 Å². The van der Waals surface area contributed by atoms with Crippen LogP contribution in [0.5, 0.6) is 0 Å². The molecule has 0 fully saturated rings. The summed E-state index contributed by atoms with van der Waals surface area (Å²) in [7, 11) is 0. The zero-order valence-electron chi connectivity index (χ0n) is 10.5. The molecule has 0 saturated carbocycles. The van der Waals surface area contributed by atoms with E-state index in [2.05, 4.69) is 19.2 Å². The minimum absolute atomic E-state index is 0.00201. The number of rotatable bonds is 6. The molecule has 0 aliphatic carbocycles. The lowest BCUT2D eigenvalue weighted by molar-refractivity contribution is -0.384. The second kappa shape index (κ2) is 6.56. The number of hydrogen-bond acceptors (Lipinski definition) is 4. The first-order chi connectivity index (χ1) is 8.43. The fraction of sp³-hybridized carbons (Fsp3) is 0.500. The van der Waals surface area contributed by atoms with Crippen LogP contribution in [0.4, 0.5) is 11.4 Å². The van der Waals surface area contributed by atoms with Gasteiger partial charge in [-0.3, -0.25) is 10.1 Å². The number of nitrogens with one attached hydrogen (secondary N) is 1. The molecule has 1 atom stereocenters. The van der Waals surface area contributed by atoms with E-state index in [0.29, 0.717) is 23.2 Å². The summed E-state index contributed by atoms with van der Waals surface area (Å²) < 4.78 is 0. The molecule has 0 aromatic heterocycles. The predicted octanol–water partition coefficient (Wildman–Crippen LogP) is 3.03. The maximum Gasteiger partial charge on any atom is 0.292 e. The Morgan fingerprint density at radius 3 is 2.67 bits per heavy atom. The van der Waals surface area contributed by atoms with Gasteiger partial charge in [0.2, 0.25) is 0 Å². The van der Waals surface area contributed by atoms with Crippen molar-refractivity contribution in [3.05, 3.63) is 33.3 Å². The first-order valence-electron chi connectivity index (χ1n) is 5.84. The van der Waals surface area contributed by atoms with E-state index in [4.69, 9.17) is 17.3 Å². The molecular weight excluding hydrogens is 254 g/mol. The van der Waals surface area contributed by atoms with Gasteiger partial charge in [-0.15, -0.1) is 0 Å². The lowest BCUT2D eigenvalue weighted by Crippen LogP contribution is -2.30. The first-order valence-corrected chi connectivity index (χ1v) is 6.22. The normalized spacial score (nSPS) is 12.5. The van der Waals surface area contributed by atoms with Crippen molar-refractivity contribution in [1.82, 2.24) is 0 Å². The zero-order valence-corrected chi connectivity index (χ0v) is 11.3. The highest BCUT2D eigenvalue weighted by atomic mass is 35.5. The van der Waals surface area contributed by atoms with Crippen molar-refractivity contribution < 1.29 is 4.92 Å². The van der Waals surface area contributed by atoms with E-state index in [0.717, 1.165) is 6.42 Å². The predicted molar refractivity (Wildman–Crippen MR) is 74.0 cm³/mol. The Morgan fingerprint density at radius 1 is 1.50 bits per heavy atom. The standard InChI is InChI=1S/C12H18ClN3O2/c1-8(2)5-10(7-14)15-11-6-9(13)3-4-12(11)16(17)18/h3-4,6,8,10,15H,5,7,14H2,1-2H3. The number of nitrogens with zero attached hydrogens (tertiary/aromatic N) is 1. The van der Waals surface area contributed by atoms with Crippen LogP contribution < -0.4 is 11.1 Å². The van der Waals surface area contributed by atoms with Crippen molar-refractivity contribution in [2.45, 2.75) is 26.3 Å². The number of hydrogen-bond donors (Lipinski definition) is 2. The van der Waals surface area contributed by atoms with Gasteiger partial charge in [0.15, 0.2) is 0 Å². The van der Waals surface area contributed by atoms with Gasteiger partial charge in [0.05, 0.1) is 4.92 Å². The van der Waals surface area contributed by atoms with Crippen molar-refractivity contribution in [2.24, 2.45) is 11.7 Å². The highest BCUT2D eigenvalue weighted by Gasteiger charge is 2.17. The quantitative estimate of drug-likeness (QED) is 0.615. The molecule has 1 aromatic carbocycles. The van der Waals surface area contributed by atoms with Gasteiger partial charge in [-0.05, 0) is 24.5 Å². The van der Waals surface area contributed by atoms with E-state index in [1.54, 1.807) is 6.07 Å². The molecular formula is C12H18ClN3O2. The van der Waals surface area contributed by atoms with Gasteiger partial charge in [0.1, 0.15) is 5.69 Å². The van der Waals surface area contributed by atoms with Crippen molar-refractivity contribution in [3.63, 3.8) is 0 Å². The van der Waals surface area contributed by atoms with E-state index in [9.17, 15) is 10.1 Å². The molecule has 1 rings (SSSR count). The second-order valence-corrected chi connectivity index (χ2v) is 5.06. The van der Waals surface area contributed by atoms with Gasteiger partial charge in [-0.2, -0.15) is 0 Å². The number of nitro benzene ring substituents is 1. The van der Waals surface area contributed by atoms with Crippen molar-refractivity contribution in [2.75, 3.05) is 11.9 Å². The van der Waals surface area contributed by atoms with Crippen LogP contribution in [-0.4, -0.2) is 17.5 Å². The first kappa shape index (κ1) is 14.7. The Labute approximate surface area is 111 Å². The molecule has 0 amide bonds. The van der Waals surface area contributed by atoms with Crippen LogP contribution in [-0.2, 0) is 0 Å². The summed E-state index contributed by atoms with van der Waals surface area (Å²) in [5.41, 5.74) is 6.10. The Kier molecular flexibility index (Phi) is 5.37. The molecule has 0 aliphatic rings. The zero-order chi connectivity index (χ0) is 13.7. The summed E-state index contributed by atoms with van der Waals surface area (Å²) in [6, 6.07) is 4.46. The third kappa shape index (κ3) is 4.16. The summed E-state index contributed by atoms with van der Waals surface area (Å²) in [4.78, 5) is 10.5. The lowest BCUT2D eigenvalue weighted by atomic mass is 10.0. The number of benzene rings is 1. The Hall–Kier alpha value is -1.33. The van der Waals surface area contributed by atoms with Gasteiger partial charge < -0.3 is 11.1 Å². The molecule has 0 spiro atoms. The molecule has 0 bridgehead atoms. The van der Waals surface area contributed by atoms with Crippen molar-refractivity contribution in [1.29, 1.82) is 0 Å². The summed E-state index contributed by atoms with van der Waals surface area (Å²) in [5, 5.41) is 14.5. The van der Waals surface area contributed by atoms with Crippen LogP contribution in [0.3, 0.4) is 0 Å². The average Bonchev–Trinajstić information content (AvgIpc) is 2.27. The Bertz CT molecular complexity index is 424. The van der Waals surface area contributed by atoms with Gasteiger partial charge in [-0.1, -0.05) is 25.4 Å². The molecule has 0 aliphatic heterocycles. The van der Waals surface area contributed by atoms with Crippen LogP contribution in [0.15, 0.2) is 18.2 Å². The molecule has 1 aromatic rings. The van der Waals surface area contributed by atoms with E-state index >= 15 is 0 Å². The highest BCUT2D eigenvalue weighted by molar-refractivity contribution is 6.31. The highest BCUT2D eigenvalue weighted by Crippen LogP contribution is 2.28. The molecule has 0 radical (unpaired) electrons. The fourth-order valence-corrected chi connectivity index (χ4v) is 1.96. The minimum Gasteiger partial charge on any atom is -0.375 e. The molecule has 0 heterocycles.